The first kappa shape index (κ1) is 25.2. The second-order valence-electron chi connectivity index (χ2n) is 8.24. The predicted molar refractivity (Wildman–Crippen MR) is 129 cm³/mol. The molecule has 3 atom stereocenters. The van der Waals surface area contributed by atoms with Crippen LogP contribution in [0.5, 0.6) is 5.75 Å². The molecule has 0 fully saturated rings. The van der Waals surface area contributed by atoms with Crippen LogP contribution in [0.1, 0.15) is 17.5 Å². The number of phenolic OH excluding ortho intramolecular Hbond substituents is 1. The van der Waals surface area contributed by atoms with Gasteiger partial charge in [-0.15, -0.1) is 0 Å². The van der Waals surface area contributed by atoms with Gasteiger partial charge in [0.2, 0.25) is 23.6 Å². The average Bonchev–Trinajstić information content (AvgIpc) is 3.19. The number of primary amides is 2. The molecule has 0 spiro atoms. The molecule has 4 amide bonds. The molecule has 10 N–H and O–H groups in total. The van der Waals surface area contributed by atoms with E-state index in [0.29, 0.717) is 16.5 Å². The topological polar surface area (TPSA) is 206 Å². The van der Waals surface area contributed by atoms with Crippen LogP contribution in [0, 0.1) is 0 Å². The van der Waals surface area contributed by atoms with Crippen molar-refractivity contribution in [3.05, 3.63) is 65.9 Å². The third-order valence-electron chi connectivity index (χ3n) is 5.51. The van der Waals surface area contributed by atoms with Gasteiger partial charge >= 0.3 is 0 Å². The first-order valence-corrected chi connectivity index (χ1v) is 10.9. The number of aromatic hydroxyl groups is 1. The second-order valence-corrected chi connectivity index (χ2v) is 8.24. The van der Waals surface area contributed by atoms with Crippen LogP contribution in [0.3, 0.4) is 0 Å². The molecule has 0 unspecified atom stereocenters. The van der Waals surface area contributed by atoms with Gasteiger partial charge in [0.15, 0.2) is 0 Å². The van der Waals surface area contributed by atoms with Crippen LogP contribution in [0.4, 0.5) is 0 Å². The van der Waals surface area contributed by atoms with Crippen molar-refractivity contribution in [2.75, 3.05) is 0 Å². The summed E-state index contributed by atoms with van der Waals surface area (Å²) < 4.78 is 0. The van der Waals surface area contributed by atoms with Gasteiger partial charge in [-0.25, -0.2) is 0 Å². The Hall–Kier alpha value is -4.38. The fourth-order valence-corrected chi connectivity index (χ4v) is 3.70. The Morgan fingerprint density at radius 2 is 1.60 bits per heavy atom. The molecule has 0 bridgehead atoms. The van der Waals surface area contributed by atoms with Crippen molar-refractivity contribution in [3.63, 3.8) is 0 Å². The molecule has 35 heavy (non-hydrogen) atoms. The first-order chi connectivity index (χ1) is 16.6. The summed E-state index contributed by atoms with van der Waals surface area (Å²) in [7, 11) is 0. The normalized spacial score (nSPS) is 13.5. The van der Waals surface area contributed by atoms with E-state index in [-0.39, 0.29) is 18.6 Å². The number of aromatic nitrogens is 1. The quantitative estimate of drug-likeness (QED) is 0.189. The summed E-state index contributed by atoms with van der Waals surface area (Å²) in [6.45, 7) is 0. The van der Waals surface area contributed by atoms with Crippen LogP contribution < -0.4 is 27.8 Å². The Morgan fingerprint density at radius 1 is 0.914 bits per heavy atom. The van der Waals surface area contributed by atoms with Crippen LogP contribution in [0.2, 0.25) is 0 Å². The number of amides is 4. The van der Waals surface area contributed by atoms with E-state index in [4.69, 9.17) is 17.2 Å². The maximum absolute atomic E-state index is 13.2. The maximum atomic E-state index is 13.2. The molecule has 11 heteroatoms. The monoisotopic (exact) mass is 480 g/mol. The summed E-state index contributed by atoms with van der Waals surface area (Å²) >= 11 is 0. The number of nitrogens with one attached hydrogen (secondary N) is 3. The number of carbonyl (C=O) groups excluding carboxylic acids is 4. The van der Waals surface area contributed by atoms with Crippen LogP contribution in [-0.2, 0) is 32.0 Å². The number of hydrogen-bond acceptors (Lipinski definition) is 6. The molecular formula is C24H28N6O5. The van der Waals surface area contributed by atoms with E-state index < -0.39 is 48.2 Å². The van der Waals surface area contributed by atoms with Gasteiger partial charge in [-0.3, -0.25) is 19.2 Å². The zero-order valence-electron chi connectivity index (χ0n) is 18.9. The second kappa shape index (κ2) is 11.2. The van der Waals surface area contributed by atoms with E-state index in [0.717, 1.165) is 5.56 Å². The average molecular weight is 481 g/mol. The van der Waals surface area contributed by atoms with Crippen molar-refractivity contribution in [3.8, 4) is 5.75 Å². The van der Waals surface area contributed by atoms with E-state index >= 15 is 0 Å². The van der Waals surface area contributed by atoms with Gasteiger partial charge in [0.05, 0.1) is 12.5 Å². The fraction of sp³-hybridized carbons (Fsp3) is 0.250. The Morgan fingerprint density at radius 3 is 2.26 bits per heavy atom. The van der Waals surface area contributed by atoms with Crippen molar-refractivity contribution in [2.24, 2.45) is 17.2 Å². The van der Waals surface area contributed by atoms with E-state index in [1.165, 1.54) is 12.1 Å². The van der Waals surface area contributed by atoms with Crippen LogP contribution in [-0.4, -0.2) is 51.8 Å². The van der Waals surface area contributed by atoms with Crippen LogP contribution in [0.25, 0.3) is 10.9 Å². The number of phenols is 1. The van der Waals surface area contributed by atoms with Gasteiger partial charge in [0.25, 0.3) is 0 Å². The lowest BCUT2D eigenvalue weighted by Crippen LogP contribution is -2.56. The summed E-state index contributed by atoms with van der Waals surface area (Å²) in [5.41, 5.74) is 18.5. The van der Waals surface area contributed by atoms with Crippen LogP contribution >= 0.6 is 0 Å². The molecule has 11 nitrogen and oxygen atoms in total. The van der Waals surface area contributed by atoms with E-state index in [1.54, 1.807) is 36.5 Å². The Balaban J connectivity index is 1.84. The SMILES string of the molecule is NC(=O)C[C@H](N)C(=O)N[C@H](Cc1c[nH]c2ccc(O)cc12)C(=O)N[C@@H](Cc1ccccc1)C(N)=O. The van der Waals surface area contributed by atoms with E-state index in [1.807, 2.05) is 6.07 Å². The highest BCUT2D eigenvalue weighted by Gasteiger charge is 2.29. The Bertz CT molecular complexity index is 1230. The largest absolute Gasteiger partial charge is 0.508 e. The summed E-state index contributed by atoms with van der Waals surface area (Å²) in [6, 6.07) is 10.3. The maximum Gasteiger partial charge on any atom is 0.243 e. The number of nitrogens with two attached hydrogens (primary N) is 3. The van der Waals surface area contributed by atoms with Gasteiger partial charge in [-0.2, -0.15) is 0 Å². The van der Waals surface area contributed by atoms with Crippen molar-refractivity contribution >= 4 is 34.5 Å². The number of hydrogen-bond donors (Lipinski definition) is 7. The predicted octanol–water partition coefficient (Wildman–Crippen LogP) is -0.684. The molecule has 0 saturated carbocycles. The van der Waals surface area contributed by atoms with Crippen molar-refractivity contribution in [1.29, 1.82) is 0 Å². The third kappa shape index (κ3) is 6.81. The van der Waals surface area contributed by atoms with Crippen molar-refractivity contribution in [1.82, 2.24) is 15.6 Å². The molecule has 1 aromatic heterocycles. The van der Waals surface area contributed by atoms with Gasteiger partial charge in [0, 0.05) is 29.9 Å². The molecule has 0 aliphatic carbocycles. The molecule has 0 saturated heterocycles. The molecule has 0 aliphatic rings. The van der Waals surface area contributed by atoms with E-state index in [9.17, 15) is 24.3 Å². The molecule has 3 aromatic rings. The standard InChI is InChI=1S/C24H28N6O5/c25-17(11-21(26)32)23(34)30-20(9-14-12-28-18-7-6-15(31)10-16(14)18)24(35)29-19(22(27)33)8-13-4-2-1-3-5-13/h1-7,10,12,17,19-20,28,31H,8-9,11,25H2,(H2,26,32)(H2,27,33)(H,29,35)(H,30,34)/t17-,19-,20+/m0/s1. The minimum Gasteiger partial charge on any atom is -0.508 e. The molecule has 0 radical (unpaired) electrons. The van der Waals surface area contributed by atoms with Crippen molar-refractivity contribution in [2.45, 2.75) is 37.4 Å². The van der Waals surface area contributed by atoms with Gasteiger partial charge in [-0.05, 0) is 29.3 Å². The van der Waals surface area contributed by atoms with Crippen molar-refractivity contribution < 1.29 is 24.3 Å². The Labute approximate surface area is 201 Å². The lowest BCUT2D eigenvalue weighted by molar-refractivity contribution is -0.132. The number of H-pyrrole nitrogens is 1. The lowest BCUT2D eigenvalue weighted by Gasteiger charge is -2.23. The van der Waals surface area contributed by atoms with Gasteiger partial charge in [-0.1, -0.05) is 30.3 Å². The molecule has 0 aliphatic heterocycles. The first-order valence-electron chi connectivity index (χ1n) is 10.9. The molecule has 1 heterocycles. The lowest BCUT2D eigenvalue weighted by atomic mass is 10.0. The molecule has 2 aromatic carbocycles. The highest BCUT2D eigenvalue weighted by Crippen LogP contribution is 2.24. The van der Waals surface area contributed by atoms with Gasteiger partial charge < -0.3 is 37.9 Å². The summed E-state index contributed by atoms with van der Waals surface area (Å²) in [5.74, 6) is -2.90. The van der Waals surface area contributed by atoms with E-state index in [2.05, 4.69) is 15.6 Å². The minimum absolute atomic E-state index is 0.00113. The Kier molecular flexibility index (Phi) is 8.05. The number of aromatic amines is 1. The van der Waals surface area contributed by atoms with Crippen LogP contribution in [0.15, 0.2) is 54.7 Å². The number of carbonyl (C=O) groups is 4. The van der Waals surface area contributed by atoms with Gasteiger partial charge in [0.1, 0.15) is 17.8 Å². The number of benzene rings is 2. The summed E-state index contributed by atoms with van der Waals surface area (Å²) in [5, 5.41) is 15.6. The highest BCUT2D eigenvalue weighted by atomic mass is 16.3. The third-order valence-corrected chi connectivity index (χ3v) is 5.51. The number of fused-ring (bicyclic) bond motifs is 1. The fourth-order valence-electron chi connectivity index (χ4n) is 3.70. The summed E-state index contributed by atoms with van der Waals surface area (Å²) in [6.07, 6.45) is 1.40. The molecular weight excluding hydrogens is 452 g/mol. The molecule has 184 valence electrons. The number of rotatable bonds is 11. The highest BCUT2D eigenvalue weighted by molar-refractivity contribution is 5.95. The smallest absolute Gasteiger partial charge is 0.243 e. The molecule has 3 rings (SSSR count). The zero-order valence-corrected chi connectivity index (χ0v) is 18.9. The zero-order chi connectivity index (χ0) is 25.5. The minimum atomic E-state index is -1.26. The summed E-state index contributed by atoms with van der Waals surface area (Å²) in [4.78, 5) is 52.1.